The van der Waals surface area contributed by atoms with Gasteiger partial charge in [-0.25, -0.2) is 0 Å². The first kappa shape index (κ1) is 17.5. The van der Waals surface area contributed by atoms with Crippen LogP contribution in [-0.4, -0.2) is 28.2 Å². The molecule has 0 unspecified atom stereocenters. The van der Waals surface area contributed by atoms with Crippen molar-refractivity contribution < 1.29 is 24.5 Å². The number of carboxylic acids is 1. The summed E-state index contributed by atoms with van der Waals surface area (Å²) in [6, 6.07) is 12.6. The van der Waals surface area contributed by atoms with Crippen molar-refractivity contribution in [3.63, 3.8) is 0 Å². The largest absolute Gasteiger partial charge is 0.508 e. The van der Waals surface area contributed by atoms with E-state index in [9.17, 15) is 19.8 Å². The predicted octanol–water partition coefficient (Wildman–Crippen LogP) is 2.10. The Kier molecular flexibility index (Phi) is 5.92. The highest BCUT2D eigenvalue weighted by Gasteiger charge is 2.18. The van der Waals surface area contributed by atoms with E-state index in [1.54, 1.807) is 36.4 Å². The average Bonchev–Trinajstić information content (AvgIpc) is 2.53. The third-order valence-corrected chi connectivity index (χ3v) is 3.44. The Morgan fingerprint density at radius 2 is 1.79 bits per heavy atom. The lowest BCUT2D eigenvalue weighted by atomic mass is 10.1. The summed E-state index contributed by atoms with van der Waals surface area (Å²) in [5.74, 6) is -0.866. The van der Waals surface area contributed by atoms with Gasteiger partial charge in [0.2, 0.25) is 0 Å². The molecular weight excluding hydrogens is 310 g/mol. The summed E-state index contributed by atoms with van der Waals surface area (Å²) in [4.78, 5) is 22.6. The molecule has 0 radical (unpaired) electrons. The molecule has 0 aliphatic rings. The number of aliphatic carboxylic acids is 1. The smallest absolute Gasteiger partial charge is 0.321 e. The first-order valence-corrected chi connectivity index (χ1v) is 7.46. The van der Waals surface area contributed by atoms with Crippen molar-refractivity contribution in [1.82, 2.24) is 5.32 Å². The molecule has 3 N–H and O–H groups in total. The molecule has 2 aromatic rings. The molecule has 0 aromatic heterocycles. The molecule has 24 heavy (non-hydrogen) atoms. The number of rotatable bonds is 7. The van der Waals surface area contributed by atoms with E-state index in [1.165, 1.54) is 19.1 Å². The standard InChI is InChI=1S/C18H19NO5/c1-12(20)24-17-5-3-2-4-14(17)11-19-16(18(22)23)10-13-6-8-15(21)9-7-13/h2-9,16,19,21H,10-11H2,1H3,(H,22,23)/t16-/m0/s1. The van der Waals surface area contributed by atoms with Crippen molar-refractivity contribution >= 4 is 11.9 Å². The molecule has 0 aliphatic heterocycles. The number of carboxylic acid groups (broad SMARTS) is 1. The van der Waals surface area contributed by atoms with Gasteiger partial charge in [0.25, 0.3) is 0 Å². The minimum atomic E-state index is -0.979. The molecular formula is C18H19NO5. The van der Waals surface area contributed by atoms with Gasteiger partial charge in [-0.2, -0.15) is 0 Å². The second-order valence-corrected chi connectivity index (χ2v) is 5.34. The molecule has 0 saturated carbocycles. The number of phenols is 1. The Labute approximate surface area is 139 Å². The van der Waals surface area contributed by atoms with Gasteiger partial charge >= 0.3 is 11.9 Å². The van der Waals surface area contributed by atoms with Crippen LogP contribution in [0.25, 0.3) is 0 Å². The number of carbonyl (C=O) groups excluding carboxylic acids is 1. The number of benzene rings is 2. The van der Waals surface area contributed by atoms with Gasteiger partial charge in [0.15, 0.2) is 0 Å². The van der Waals surface area contributed by atoms with Crippen molar-refractivity contribution in [2.75, 3.05) is 0 Å². The van der Waals surface area contributed by atoms with Crippen LogP contribution in [0.15, 0.2) is 48.5 Å². The van der Waals surface area contributed by atoms with Gasteiger partial charge < -0.3 is 14.9 Å². The van der Waals surface area contributed by atoms with Crippen LogP contribution in [0, 0.1) is 0 Å². The van der Waals surface area contributed by atoms with Crippen LogP contribution in [-0.2, 0) is 22.6 Å². The van der Waals surface area contributed by atoms with Gasteiger partial charge in [0.1, 0.15) is 17.5 Å². The summed E-state index contributed by atoms with van der Waals surface area (Å²) in [6.07, 6.45) is 0.269. The molecule has 0 saturated heterocycles. The topological polar surface area (TPSA) is 95.9 Å². The molecule has 6 nitrogen and oxygen atoms in total. The normalized spacial score (nSPS) is 11.7. The molecule has 6 heteroatoms. The fourth-order valence-electron chi connectivity index (χ4n) is 2.25. The van der Waals surface area contributed by atoms with Gasteiger partial charge in [-0.1, -0.05) is 30.3 Å². The minimum absolute atomic E-state index is 0.133. The number of esters is 1. The Bertz CT molecular complexity index is 712. The van der Waals surface area contributed by atoms with E-state index in [0.717, 1.165) is 5.56 Å². The summed E-state index contributed by atoms with van der Waals surface area (Å²) in [7, 11) is 0. The van der Waals surface area contributed by atoms with Gasteiger partial charge in [-0.05, 0) is 30.2 Å². The molecule has 0 heterocycles. The van der Waals surface area contributed by atoms with Crippen LogP contribution in [0.4, 0.5) is 0 Å². The van der Waals surface area contributed by atoms with Crippen molar-refractivity contribution in [3.05, 3.63) is 59.7 Å². The van der Waals surface area contributed by atoms with Crippen LogP contribution in [0.2, 0.25) is 0 Å². The van der Waals surface area contributed by atoms with Gasteiger partial charge in [0, 0.05) is 19.0 Å². The van der Waals surface area contributed by atoms with Crippen LogP contribution >= 0.6 is 0 Å². The fourth-order valence-corrected chi connectivity index (χ4v) is 2.25. The fraction of sp³-hybridized carbons (Fsp3) is 0.222. The Balaban J connectivity index is 2.05. The van der Waals surface area contributed by atoms with E-state index in [-0.39, 0.29) is 18.7 Å². The highest BCUT2D eigenvalue weighted by Crippen LogP contribution is 2.18. The van der Waals surface area contributed by atoms with Crippen molar-refractivity contribution in [2.45, 2.75) is 25.9 Å². The molecule has 2 aromatic carbocycles. The zero-order chi connectivity index (χ0) is 17.5. The molecule has 1 atom stereocenters. The third-order valence-electron chi connectivity index (χ3n) is 3.44. The number of para-hydroxylation sites is 1. The van der Waals surface area contributed by atoms with E-state index in [2.05, 4.69) is 5.32 Å². The monoisotopic (exact) mass is 329 g/mol. The van der Waals surface area contributed by atoms with E-state index >= 15 is 0 Å². The number of nitrogens with one attached hydrogen (secondary N) is 1. The Morgan fingerprint density at radius 3 is 2.42 bits per heavy atom. The van der Waals surface area contributed by atoms with E-state index < -0.39 is 18.0 Å². The maximum atomic E-state index is 11.5. The number of carbonyl (C=O) groups is 2. The molecule has 0 fully saturated rings. The van der Waals surface area contributed by atoms with E-state index in [4.69, 9.17) is 4.74 Å². The summed E-state index contributed by atoms with van der Waals surface area (Å²) in [6.45, 7) is 1.56. The lowest BCUT2D eigenvalue weighted by Gasteiger charge is -2.16. The summed E-state index contributed by atoms with van der Waals surface area (Å²) in [5.41, 5.74) is 1.49. The number of aromatic hydroxyl groups is 1. The highest BCUT2D eigenvalue weighted by molar-refractivity contribution is 5.74. The molecule has 0 amide bonds. The van der Waals surface area contributed by atoms with E-state index in [1.807, 2.05) is 0 Å². The maximum Gasteiger partial charge on any atom is 0.321 e. The summed E-state index contributed by atoms with van der Waals surface area (Å²) in [5, 5.41) is 21.6. The van der Waals surface area contributed by atoms with E-state index in [0.29, 0.717) is 11.3 Å². The van der Waals surface area contributed by atoms with Crippen molar-refractivity contribution in [1.29, 1.82) is 0 Å². The Morgan fingerprint density at radius 1 is 1.12 bits per heavy atom. The summed E-state index contributed by atoms with van der Waals surface area (Å²) >= 11 is 0. The molecule has 0 bridgehead atoms. The van der Waals surface area contributed by atoms with Crippen LogP contribution in [0.5, 0.6) is 11.5 Å². The molecule has 0 aliphatic carbocycles. The van der Waals surface area contributed by atoms with Gasteiger partial charge in [-0.15, -0.1) is 0 Å². The van der Waals surface area contributed by atoms with Gasteiger partial charge in [0.05, 0.1) is 0 Å². The molecule has 0 spiro atoms. The number of ether oxygens (including phenoxy) is 1. The van der Waals surface area contributed by atoms with Crippen LogP contribution in [0.1, 0.15) is 18.1 Å². The molecule has 126 valence electrons. The van der Waals surface area contributed by atoms with Crippen molar-refractivity contribution in [3.8, 4) is 11.5 Å². The molecule has 2 rings (SSSR count). The number of hydrogen-bond acceptors (Lipinski definition) is 5. The Hall–Kier alpha value is -2.86. The lowest BCUT2D eigenvalue weighted by molar-refractivity contribution is -0.139. The third kappa shape index (κ3) is 5.10. The maximum absolute atomic E-state index is 11.5. The second kappa shape index (κ2) is 8.12. The zero-order valence-electron chi connectivity index (χ0n) is 13.2. The lowest BCUT2D eigenvalue weighted by Crippen LogP contribution is -2.38. The number of phenolic OH excluding ortho intramolecular Hbond substituents is 1. The quantitative estimate of drug-likeness (QED) is 0.532. The van der Waals surface area contributed by atoms with Crippen molar-refractivity contribution in [2.24, 2.45) is 0 Å². The zero-order valence-corrected chi connectivity index (χ0v) is 13.2. The first-order chi connectivity index (χ1) is 11.5. The average molecular weight is 329 g/mol. The predicted molar refractivity (Wildman–Crippen MR) is 87.8 cm³/mol. The highest BCUT2D eigenvalue weighted by atomic mass is 16.5. The minimum Gasteiger partial charge on any atom is -0.508 e. The second-order valence-electron chi connectivity index (χ2n) is 5.34. The first-order valence-electron chi connectivity index (χ1n) is 7.46. The van der Waals surface area contributed by atoms with Crippen LogP contribution < -0.4 is 10.1 Å². The van der Waals surface area contributed by atoms with Crippen LogP contribution in [0.3, 0.4) is 0 Å². The SMILES string of the molecule is CC(=O)Oc1ccccc1CN[C@@H](Cc1ccc(O)cc1)C(=O)O. The number of hydrogen-bond donors (Lipinski definition) is 3. The van der Waals surface area contributed by atoms with Gasteiger partial charge in [-0.3, -0.25) is 14.9 Å². The summed E-state index contributed by atoms with van der Waals surface area (Å²) < 4.78 is 5.12.